The third-order valence-corrected chi connectivity index (χ3v) is 11.4. The number of ether oxygens (including phenoxy) is 2. The highest BCUT2D eigenvalue weighted by molar-refractivity contribution is 5.82. The van der Waals surface area contributed by atoms with Crippen molar-refractivity contribution in [1.29, 1.82) is 0 Å². The van der Waals surface area contributed by atoms with Crippen molar-refractivity contribution in [3.8, 4) is 5.75 Å². The van der Waals surface area contributed by atoms with Gasteiger partial charge in [-0.2, -0.15) is 13.2 Å². The second kappa shape index (κ2) is 15.8. The molecule has 0 aromatic heterocycles. The van der Waals surface area contributed by atoms with E-state index in [1.54, 1.807) is 14.2 Å². The molecule has 10 nitrogen and oxygen atoms in total. The first-order valence-corrected chi connectivity index (χ1v) is 18.1. The molecule has 4 heterocycles. The number of carboxylic acid groups (broad SMARTS) is 1. The second-order valence-electron chi connectivity index (χ2n) is 14.6. The van der Waals surface area contributed by atoms with Gasteiger partial charge in [0.2, 0.25) is 11.8 Å². The molecule has 0 bridgehead atoms. The smallest absolute Gasteiger partial charge is 0.416 e. The molecule has 4 saturated heterocycles. The fourth-order valence-electron chi connectivity index (χ4n) is 8.58. The van der Waals surface area contributed by atoms with Crippen LogP contribution < -0.4 is 9.64 Å². The molecule has 13 heteroatoms. The van der Waals surface area contributed by atoms with Gasteiger partial charge in [-0.05, 0) is 67.5 Å². The lowest BCUT2D eigenvalue weighted by Gasteiger charge is -2.35. The fourth-order valence-corrected chi connectivity index (χ4v) is 8.58. The minimum atomic E-state index is -4.55. The summed E-state index contributed by atoms with van der Waals surface area (Å²) in [5.41, 5.74) is 1.37. The van der Waals surface area contributed by atoms with Crippen LogP contribution in [0.4, 0.5) is 18.9 Å². The number of likely N-dealkylation sites (tertiary alicyclic amines) is 3. The predicted molar refractivity (Wildman–Crippen MR) is 185 cm³/mol. The quantitative estimate of drug-likeness (QED) is 0.370. The van der Waals surface area contributed by atoms with Gasteiger partial charge in [-0.3, -0.25) is 19.3 Å². The van der Waals surface area contributed by atoms with Gasteiger partial charge in [0.1, 0.15) is 5.75 Å². The standard InChI is InChI=1S/C38H49F3N4O6/c1-50-24-27-19-45(22-32(27)30-11-8-28(38(39,40)41)18-34(30)43-16-12-26(13-17-43)37(48)49)36(47)33-21-42(23-35(46)44-14-4-3-5-15-44)20-31(33)25-6-9-29(51-2)10-7-25/h6-11,18,26-27,31-33H,3-5,12-17,19-24H2,1-2H3,(H,48,49)/t27-,31+,32+,33-/m1/s1. The number of hydrogen-bond donors (Lipinski definition) is 1. The first kappa shape index (κ1) is 36.9. The number of piperidine rings is 2. The van der Waals surface area contributed by atoms with Crippen molar-refractivity contribution in [2.24, 2.45) is 17.8 Å². The van der Waals surface area contributed by atoms with Crippen LogP contribution >= 0.6 is 0 Å². The maximum absolute atomic E-state index is 14.6. The Kier molecular flexibility index (Phi) is 11.5. The Morgan fingerprint density at radius 1 is 0.843 bits per heavy atom. The summed E-state index contributed by atoms with van der Waals surface area (Å²) in [7, 11) is 3.19. The van der Waals surface area contributed by atoms with E-state index in [4.69, 9.17) is 9.47 Å². The van der Waals surface area contributed by atoms with Gasteiger partial charge in [-0.15, -0.1) is 0 Å². The Labute approximate surface area is 297 Å². The second-order valence-corrected chi connectivity index (χ2v) is 14.6. The van der Waals surface area contributed by atoms with Crippen LogP contribution in [0.5, 0.6) is 5.75 Å². The van der Waals surface area contributed by atoms with Crippen LogP contribution in [0.1, 0.15) is 60.6 Å². The summed E-state index contributed by atoms with van der Waals surface area (Å²) < 4.78 is 52.9. The van der Waals surface area contributed by atoms with Crippen LogP contribution in [-0.4, -0.2) is 117 Å². The van der Waals surface area contributed by atoms with Crippen LogP contribution in [0.15, 0.2) is 42.5 Å². The summed E-state index contributed by atoms with van der Waals surface area (Å²) in [6, 6.07) is 11.5. The van der Waals surface area contributed by atoms with Gasteiger partial charge in [0.05, 0.1) is 37.7 Å². The van der Waals surface area contributed by atoms with Gasteiger partial charge >= 0.3 is 12.1 Å². The third kappa shape index (κ3) is 8.30. The fraction of sp³-hybridized carbons (Fsp3) is 0.605. The minimum absolute atomic E-state index is 0.0388. The number of anilines is 1. The van der Waals surface area contributed by atoms with E-state index in [9.17, 15) is 32.7 Å². The molecule has 6 rings (SSSR count). The zero-order valence-corrected chi connectivity index (χ0v) is 29.4. The molecule has 1 N–H and O–H groups in total. The van der Waals surface area contributed by atoms with E-state index in [0.717, 1.165) is 44.0 Å². The zero-order chi connectivity index (χ0) is 36.3. The number of amides is 2. The average Bonchev–Trinajstić information content (AvgIpc) is 3.76. The molecule has 4 aliphatic rings. The number of alkyl halides is 3. The van der Waals surface area contributed by atoms with E-state index in [1.165, 1.54) is 12.1 Å². The summed E-state index contributed by atoms with van der Waals surface area (Å²) in [5.74, 6) is -1.70. The predicted octanol–water partition coefficient (Wildman–Crippen LogP) is 4.93. The van der Waals surface area contributed by atoms with Gasteiger partial charge < -0.3 is 29.3 Å². The van der Waals surface area contributed by atoms with Crippen molar-refractivity contribution in [1.82, 2.24) is 14.7 Å². The van der Waals surface area contributed by atoms with Gasteiger partial charge in [-0.1, -0.05) is 18.2 Å². The number of aliphatic carboxylic acids is 1. The number of carboxylic acids is 1. The Morgan fingerprint density at radius 2 is 1.55 bits per heavy atom. The molecule has 0 saturated carbocycles. The van der Waals surface area contributed by atoms with Gasteiger partial charge in [0.15, 0.2) is 0 Å². The lowest BCUT2D eigenvalue weighted by Crippen LogP contribution is -2.42. The van der Waals surface area contributed by atoms with E-state index in [0.29, 0.717) is 75.7 Å². The van der Waals surface area contributed by atoms with Crippen molar-refractivity contribution < 1.29 is 42.1 Å². The molecule has 0 radical (unpaired) electrons. The van der Waals surface area contributed by atoms with E-state index in [1.807, 2.05) is 39.0 Å². The maximum Gasteiger partial charge on any atom is 0.416 e. The Morgan fingerprint density at radius 3 is 2.18 bits per heavy atom. The molecule has 2 aromatic carbocycles. The van der Waals surface area contributed by atoms with Crippen molar-refractivity contribution in [2.45, 2.75) is 50.1 Å². The minimum Gasteiger partial charge on any atom is -0.497 e. The lowest BCUT2D eigenvalue weighted by molar-refractivity contribution is -0.142. The van der Waals surface area contributed by atoms with Crippen LogP contribution in [0.25, 0.3) is 0 Å². The summed E-state index contributed by atoms with van der Waals surface area (Å²) >= 11 is 0. The molecular formula is C38H49F3N4O6. The molecule has 2 amide bonds. The van der Waals surface area contributed by atoms with Crippen LogP contribution in [-0.2, 0) is 25.3 Å². The molecule has 0 unspecified atom stereocenters. The number of methoxy groups -OCH3 is 2. The third-order valence-electron chi connectivity index (χ3n) is 11.4. The molecular weight excluding hydrogens is 665 g/mol. The Balaban J connectivity index is 1.26. The van der Waals surface area contributed by atoms with Gasteiger partial charge in [0.25, 0.3) is 0 Å². The van der Waals surface area contributed by atoms with Crippen LogP contribution in [0.3, 0.4) is 0 Å². The highest BCUT2D eigenvalue weighted by atomic mass is 19.4. The molecule has 4 fully saturated rings. The number of carbonyl (C=O) groups excluding carboxylic acids is 2. The summed E-state index contributed by atoms with van der Waals surface area (Å²) in [5, 5.41) is 9.53. The van der Waals surface area contributed by atoms with Crippen LogP contribution in [0, 0.1) is 17.8 Å². The van der Waals surface area contributed by atoms with E-state index in [2.05, 4.69) is 4.90 Å². The summed E-state index contributed by atoms with van der Waals surface area (Å²) in [6.45, 7) is 4.42. The number of halogens is 3. The zero-order valence-electron chi connectivity index (χ0n) is 29.4. The van der Waals surface area contributed by atoms with E-state index < -0.39 is 29.5 Å². The van der Waals surface area contributed by atoms with Crippen molar-refractivity contribution in [2.75, 3.05) is 84.6 Å². The highest BCUT2D eigenvalue weighted by Crippen LogP contribution is 2.44. The molecule has 0 spiro atoms. The number of nitrogens with zero attached hydrogens (tertiary/aromatic N) is 4. The van der Waals surface area contributed by atoms with E-state index in [-0.39, 0.29) is 36.1 Å². The summed E-state index contributed by atoms with van der Waals surface area (Å²) in [4.78, 5) is 47.2. The Bertz CT molecular complexity index is 1540. The van der Waals surface area contributed by atoms with Crippen molar-refractivity contribution >= 4 is 23.5 Å². The first-order chi connectivity index (χ1) is 24.5. The molecule has 4 atom stereocenters. The number of benzene rings is 2. The monoisotopic (exact) mass is 714 g/mol. The molecule has 4 aliphatic heterocycles. The largest absolute Gasteiger partial charge is 0.497 e. The summed E-state index contributed by atoms with van der Waals surface area (Å²) in [6.07, 6.45) is -0.735. The average molecular weight is 715 g/mol. The number of carbonyl (C=O) groups is 3. The molecule has 51 heavy (non-hydrogen) atoms. The molecule has 0 aliphatic carbocycles. The highest BCUT2D eigenvalue weighted by Gasteiger charge is 2.46. The molecule has 2 aromatic rings. The van der Waals surface area contributed by atoms with Gasteiger partial charge in [-0.25, -0.2) is 0 Å². The molecule has 278 valence electrons. The lowest BCUT2D eigenvalue weighted by atomic mass is 9.86. The topological polar surface area (TPSA) is 103 Å². The number of hydrogen-bond acceptors (Lipinski definition) is 7. The first-order valence-electron chi connectivity index (χ1n) is 18.1. The SMILES string of the molecule is COC[C@H]1CN(C(=O)[C@@H]2CN(CC(=O)N3CCCCC3)C[C@H]2c2ccc(OC)cc2)C[C@@H]1c1ccc(C(F)(F)F)cc1N1CCC(C(=O)O)CC1. The van der Waals surface area contributed by atoms with E-state index >= 15 is 0 Å². The van der Waals surface area contributed by atoms with Crippen LogP contribution in [0.2, 0.25) is 0 Å². The Hall–Kier alpha value is -3.84. The van der Waals surface area contributed by atoms with Gasteiger partial charge in [0, 0.05) is 82.9 Å². The normalized spacial score (nSPS) is 25.0. The number of rotatable bonds is 10. The maximum atomic E-state index is 14.6. The van der Waals surface area contributed by atoms with Crippen molar-refractivity contribution in [3.63, 3.8) is 0 Å². The van der Waals surface area contributed by atoms with Crippen molar-refractivity contribution in [3.05, 3.63) is 59.2 Å².